The van der Waals surface area contributed by atoms with E-state index in [1.54, 1.807) is 11.3 Å². The molecule has 0 spiro atoms. The summed E-state index contributed by atoms with van der Waals surface area (Å²) in [5, 5.41) is 5.14. The SMILES string of the molecule is CC(Nc1nc(N)nc(C(Cl)Cl)n1)c1cccs1. The Morgan fingerprint density at radius 2 is 2.11 bits per heavy atom. The van der Waals surface area contributed by atoms with E-state index < -0.39 is 4.84 Å². The Labute approximate surface area is 118 Å². The van der Waals surface area contributed by atoms with Crippen molar-refractivity contribution in [2.75, 3.05) is 11.1 Å². The van der Waals surface area contributed by atoms with Crippen LogP contribution in [0.5, 0.6) is 0 Å². The van der Waals surface area contributed by atoms with Gasteiger partial charge in [-0.15, -0.1) is 11.3 Å². The van der Waals surface area contributed by atoms with E-state index in [0.717, 1.165) is 0 Å². The van der Waals surface area contributed by atoms with Gasteiger partial charge in [0.15, 0.2) is 10.7 Å². The van der Waals surface area contributed by atoms with Crippen molar-refractivity contribution in [2.24, 2.45) is 0 Å². The Balaban J connectivity index is 2.18. The summed E-state index contributed by atoms with van der Waals surface area (Å²) in [5.74, 6) is 0.698. The van der Waals surface area contributed by atoms with Gasteiger partial charge in [-0.25, -0.2) is 0 Å². The molecule has 0 saturated heterocycles. The van der Waals surface area contributed by atoms with Crippen molar-refractivity contribution >= 4 is 46.4 Å². The second kappa shape index (κ2) is 5.69. The second-order valence-electron chi connectivity index (χ2n) is 3.56. The number of nitrogens with zero attached hydrogens (tertiary/aromatic N) is 3. The van der Waals surface area contributed by atoms with Crippen molar-refractivity contribution in [3.8, 4) is 0 Å². The molecule has 0 aliphatic carbocycles. The maximum atomic E-state index is 5.71. The molecule has 0 bridgehead atoms. The molecule has 0 radical (unpaired) electrons. The van der Waals surface area contributed by atoms with E-state index in [1.165, 1.54) is 4.88 Å². The number of rotatable bonds is 4. The van der Waals surface area contributed by atoms with E-state index in [0.29, 0.717) is 5.95 Å². The van der Waals surface area contributed by atoms with Gasteiger partial charge in [0, 0.05) is 4.88 Å². The number of nitrogens with one attached hydrogen (secondary N) is 1. The third-order valence-corrected chi connectivity index (χ3v) is 3.63. The molecule has 0 aliphatic rings. The summed E-state index contributed by atoms with van der Waals surface area (Å²) < 4.78 is 0. The summed E-state index contributed by atoms with van der Waals surface area (Å²) in [6, 6.07) is 4.09. The van der Waals surface area contributed by atoms with Gasteiger partial charge in [0.1, 0.15) is 0 Å². The van der Waals surface area contributed by atoms with Crippen LogP contribution in [0, 0.1) is 0 Å². The number of hydrogen-bond acceptors (Lipinski definition) is 6. The number of anilines is 2. The molecule has 18 heavy (non-hydrogen) atoms. The molecule has 1 atom stereocenters. The number of halogens is 2. The molecule has 8 heteroatoms. The zero-order valence-electron chi connectivity index (χ0n) is 9.47. The molecule has 0 saturated carbocycles. The van der Waals surface area contributed by atoms with E-state index in [2.05, 4.69) is 20.3 Å². The molecule has 0 amide bonds. The number of alkyl halides is 2. The molecular weight excluding hydrogens is 293 g/mol. The Kier molecular flexibility index (Phi) is 4.21. The first-order chi connectivity index (χ1) is 8.56. The number of thiophene rings is 1. The fourth-order valence-corrected chi connectivity index (χ4v) is 2.30. The molecule has 1 unspecified atom stereocenters. The molecule has 2 aromatic rings. The van der Waals surface area contributed by atoms with Crippen LogP contribution in [0.2, 0.25) is 0 Å². The Morgan fingerprint density at radius 3 is 2.72 bits per heavy atom. The molecule has 2 heterocycles. The lowest BCUT2D eigenvalue weighted by molar-refractivity contribution is 0.859. The van der Waals surface area contributed by atoms with Crippen LogP contribution in [0.3, 0.4) is 0 Å². The number of nitrogens with two attached hydrogens (primary N) is 1. The van der Waals surface area contributed by atoms with Crippen molar-refractivity contribution in [1.29, 1.82) is 0 Å². The summed E-state index contributed by atoms with van der Waals surface area (Å²) >= 11 is 13.1. The van der Waals surface area contributed by atoms with Crippen LogP contribution in [-0.4, -0.2) is 15.0 Å². The van der Waals surface area contributed by atoms with Gasteiger partial charge in [-0.3, -0.25) is 0 Å². The summed E-state index contributed by atoms with van der Waals surface area (Å²) in [7, 11) is 0. The molecular formula is C10H11Cl2N5S. The highest BCUT2D eigenvalue weighted by molar-refractivity contribution is 7.10. The summed E-state index contributed by atoms with van der Waals surface area (Å²) in [6.45, 7) is 2.00. The van der Waals surface area contributed by atoms with Crippen molar-refractivity contribution in [3.05, 3.63) is 28.2 Å². The van der Waals surface area contributed by atoms with Crippen molar-refractivity contribution in [1.82, 2.24) is 15.0 Å². The highest BCUT2D eigenvalue weighted by Gasteiger charge is 2.13. The normalized spacial score (nSPS) is 12.7. The molecule has 5 nitrogen and oxygen atoms in total. The largest absolute Gasteiger partial charge is 0.368 e. The average molecular weight is 304 g/mol. The first kappa shape index (κ1) is 13.3. The van der Waals surface area contributed by atoms with Gasteiger partial charge in [0.05, 0.1) is 6.04 Å². The van der Waals surface area contributed by atoms with E-state index in [1.807, 2.05) is 24.4 Å². The van der Waals surface area contributed by atoms with Crippen molar-refractivity contribution in [2.45, 2.75) is 17.8 Å². The van der Waals surface area contributed by atoms with Crippen LogP contribution in [0.15, 0.2) is 17.5 Å². The highest BCUT2D eigenvalue weighted by atomic mass is 35.5. The fourth-order valence-electron chi connectivity index (χ4n) is 1.37. The van der Waals surface area contributed by atoms with E-state index in [-0.39, 0.29) is 17.8 Å². The minimum absolute atomic E-state index is 0.0729. The minimum atomic E-state index is -0.826. The zero-order valence-corrected chi connectivity index (χ0v) is 11.8. The Hall–Kier alpha value is -1.11. The maximum Gasteiger partial charge on any atom is 0.228 e. The third kappa shape index (κ3) is 3.22. The molecule has 0 aromatic carbocycles. The van der Waals surface area contributed by atoms with Gasteiger partial charge in [0.2, 0.25) is 11.9 Å². The van der Waals surface area contributed by atoms with Gasteiger partial charge < -0.3 is 11.1 Å². The van der Waals surface area contributed by atoms with Gasteiger partial charge in [-0.05, 0) is 18.4 Å². The minimum Gasteiger partial charge on any atom is -0.368 e. The molecule has 0 aliphatic heterocycles. The predicted octanol–water partition coefficient (Wildman–Crippen LogP) is 3.16. The first-order valence-electron chi connectivity index (χ1n) is 5.16. The van der Waals surface area contributed by atoms with Crippen LogP contribution in [0.1, 0.15) is 28.5 Å². The number of hydrogen-bond donors (Lipinski definition) is 2. The molecule has 96 valence electrons. The highest BCUT2D eigenvalue weighted by Crippen LogP contribution is 2.24. The molecule has 0 fully saturated rings. The molecule has 3 N–H and O–H groups in total. The van der Waals surface area contributed by atoms with Gasteiger partial charge in [0.25, 0.3) is 0 Å². The van der Waals surface area contributed by atoms with E-state index in [4.69, 9.17) is 28.9 Å². The Bertz CT molecular complexity index is 517. The van der Waals surface area contributed by atoms with E-state index in [9.17, 15) is 0 Å². The fraction of sp³-hybridized carbons (Fsp3) is 0.300. The summed E-state index contributed by atoms with van der Waals surface area (Å²) in [6.07, 6.45) is 0. The maximum absolute atomic E-state index is 5.71. The smallest absolute Gasteiger partial charge is 0.228 e. The first-order valence-corrected chi connectivity index (χ1v) is 6.91. The lowest BCUT2D eigenvalue weighted by atomic mass is 10.3. The van der Waals surface area contributed by atoms with Crippen LogP contribution in [-0.2, 0) is 0 Å². The number of nitrogen functional groups attached to an aromatic ring is 1. The van der Waals surface area contributed by atoms with Gasteiger partial charge in [-0.1, -0.05) is 29.3 Å². The van der Waals surface area contributed by atoms with Gasteiger partial charge >= 0.3 is 0 Å². The second-order valence-corrected chi connectivity index (χ2v) is 5.63. The van der Waals surface area contributed by atoms with Crippen molar-refractivity contribution < 1.29 is 0 Å². The number of aromatic nitrogens is 3. The quantitative estimate of drug-likeness (QED) is 0.848. The van der Waals surface area contributed by atoms with Crippen LogP contribution in [0.4, 0.5) is 11.9 Å². The lowest BCUT2D eigenvalue weighted by Gasteiger charge is -2.13. The summed E-state index contributed by atoms with van der Waals surface area (Å²) in [4.78, 5) is 12.3. The molecule has 2 aromatic heterocycles. The topological polar surface area (TPSA) is 76.7 Å². The zero-order chi connectivity index (χ0) is 13.1. The monoisotopic (exact) mass is 303 g/mol. The standard InChI is InChI=1S/C10H11Cl2N5S/c1-5(6-3-2-4-18-6)14-10-16-8(7(11)12)15-9(13)17-10/h2-5,7H,1H3,(H3,13,14,15,16,17). The lowest BCUT2D eigenvalue weighted by Crippen LogP contribution is -2.12. The van der Waals surface area contributed by atoms with Crippen LogP contribution < -0.4 is 11.1 Å². The Morgan fingerprint density at radius 1 is 1.33 bits per heavy atom. The van der Waals surface area contributed by atoms with Crippen LogP contribution in [0.25, 0.3) is 0 Å². The van der Waals surface area contributed by atoms with Gasteiger partial charge in [-0.2, -0.15) is 15.0 Å². The predicted molar refractivity (Wildman–Crippen MR) is 75.0 cm³/mol. The van der Waals surface area contributed by atoms with Crippen LogP contribution >= 0.6 is 34.5 Å². The third-order valence-electron chi connectivity index (χ3n) is 2.18. The van der Waals surface area contributed by atoms with E-state index >= 15 is 0 Å². The molecule has 2 rings (SSSR count). The summed E-state index contributed by atoms with van der Waals surface area (Å²) in [5.41, 5.74) is 5.57. The van der Waals surface area contributed by atoms with Crippen molar-refractivity contribution in [3.63, 3.8) is 0 Å². The average Bonchev–Trinajstić information content (AvgIpc) is 2.81.